The number of aromatic nitrogens is 6. The highest BCUT2D eigenvalue weighted by atomic mass is 15.1. The van der Waals surface area contributed by atoms with E-state index in [1.807, 2.05) is 68.4 Å². The van der Waals surface area contributed by atoms with Crippen molar-refractivity contribution < 1.29 is 0 Å². The van der Waals surface area contributed by atoms with Crippen LogP contribution in [0.1, 0.15) is 28.1 Å². The van der Waals surface area contributed by atoms with E-state index in [0.717, 1.165) is 67.2 Å². The normalized spacial score (nSPS) is 11.6. The lowest BCUT2D eigenvalue weighted by Gasteiger charge is -2.25. The van der Waals surface area contributed by atoms with Crippen LogP contribution < -0.4 is 0 Å². The molecule has 0 radical (unpaired) electrons. The minimum absolute atomic E-state index is 0.912. The molecule has 6 aromatic rings. The molecule has 0 unspecified atom stereocenters. The van der Waals surface area contributed by atoms with Crippen LogP contribution in [0.15, 0.2) is 73.6 Å². The van der Waals surface area contributed by atoms with Gasteiger partial charge in [-0.2, -0.15) is 0 Å². The summed E-state index contributed by atoms with van der Waals surface area (Å²) in [6, 6.07) is 16.4. The smallest absolute Gasteiger partial charge is 0.100 e. The second-order valence-corrected chi connectivity index (χ2v) is 9.21. The Morgan fingerprint density at radius 3 is 1.62 bits per heavy atom. The first kappa shape index (κ1) is 22.6. The van der Waals surface area contributed by atoms with E-state index in [9.17, 15) is 0 Å². The van der Waals surface area contributed by atoms with E-state index in [4.69, 9.17) is 16.4 Å². The predicted octanol–water partition coefficient (Wildman–Crippen LogP) is 6.43. The van der Waals surface area contributed by atoms with Crippen molar-refractivity contribution in [3.8, 4) is 29.4 Å². The zero-order valence-corrected chi connectivity index (χ0v) is 21.3. The summed E-state index contributed by atoms with van der Waals surface area (Å²) in [5.74, 6) is 2.61. The van der Waals surface area contributed by atoms with Gasteiger partial charge in [0, 0.05) is 0 Å². The molecule has 6 heteroatoms. The number of aryl methyl sites for hydroxylation is 1. The standard InChI is InChI=1S/C31H26N6/c1-6-7-14-26-23(5)32-17-35(26)29-20(2)30(36-18-33-24-12-8-10-15-27(24)36)22(4)31(21(29)3)37-19-34-25-13-9-11-16-28(25)37/h1,7-19H,2-5H3/b14-7-. The Morgan fingerprint density at radius 2 is 1.11 bits per heavy atom. The molecule has 3 heterocycles. The van der Waals surface area contributed by atoms with Crippen LogP contribution in [0.25, 0.3) is 45.2 Å². The molecule has 6 rings (SSSR count). The van der Waals surface area contributed by atoms with Crippen LogP contribution in [0.5, 0.6) is 0 Å². The summed E-state index contributed by atoms with van der Waals surface area (Å²) >= 11 is 0. The molecule has 0 aliphatic carbocycles. The quantitative estimate of drug-likeness (QED) is 0.272. The molecule has 0 fully saturated rings. The number of hydrogen-bond acceptors (Lipinski definition) is 3. The third-order valence-corrected chi connectivity index (χ3v) is 7.10. The van der Waals surface area contributed by atoms with E-state index in [1.165, 1.54) is 0 Å². The number of hydrogen-bond donors (Lipinski definition) is 0. The minimum atomic E-state index is 0.912. The zero-order chi connectivity index (χ0) is 25.7. The first-order chi connectivity index (χ1) is 18.0. The molecule has 0 spiro atoms. The summed E-state index contributed by atoms with van der Waals surface area (Å²) in [4.78, 5) is 14.0. The molecule has 0 saturated carbocycles. The van der Waals surface area contributed by atoms with E-state index in [0.29, 0.717) is 0 Å². The molecule has 0 aliphatic heterocycles. The number of fused-ring (bicyclic) bond motifs is 2. The van der Waals surface area contributed by atoms with Gasteiger partial charge in [-0.3, -0.25) is 13.7 Å². The average Bonchev–Trinajstić information content (AvgIpc) is 3.61. The Hall–Kier alpha value is -4.89. The van der Waals surface area contributed by atoms with Crippen LogP contribution in [-0.4, -0.2) is 28.7 Å². The fourth-order valence-corrected chi connectivity index (χ4v) is 5.49. The minimum Gasteiger partial charge on any atom is -0.299 e. The van der Waals surface area contributed by atoms with Crippen LogP contribution in [0, 0.1) is 40.0 Å². The topological polar surface area (TPSA) is 53.5 Å². The fraction of sp³-hybridized carbons (Fsp3) is 0.129. The summed E-state index contributed by atoms with van der Waals surface area (Å²) < 4.78 is 6.51. The highest BCUT2D eigenvalue weighted by molar-refractivity contribution is 5.83. The number of nitrogens with zero attached hydrogens (tertiary/aromatic N) is 6. The number of para-hydroxylation sites is 4. The van der Waals surface area contributed by atoms with Gasteiger partial charge in [0.2, 0.25) is 0 Å². The predicted molar refractivity (Wildman–Crippen MR) is 150 cm³/mol. The van der Waals surface area contributed by atoms with Gasteiger partial charge in [-0.05, 0) is 80.8 Å². The average molecular weight is 483 g/mol. The highest BCUT2D eigenvalue weighted by Crippen LogP contribution is 2.38. The third kappa shape index (κ3) is 3.40. The van der Waals surface area contributed by atoms with Crippen molar-refractivity contribution in [1.29, 1.82) is 0 Å². The lowest BCUT2D eigenvalue weighted by molar-refractivity contribution is 0.950. The molecule has 0 aliphatic rings. The molecule has 37 heavy (non-hydrogen) atoms. The Kier molecular flexibility index (Phi) is 5.27. The van der Waals surface area contributed by atoms with Gasteiger partial charge in [0.15, 0.2) is 0 Å². The molecule has 3 aromatic carbocycles. The van der Waals surface area contributed by atoms with E-state index >= 15 is 0 Å². The monoisotopic (exact) mass is 482 g/mol. The van der Waals surface area contributed by atoms with Crippen molar-refractivity contribution in [2.24, 2.45) is 0 Å². The maximum atomic E-state index is 5.56. The van der Waals surface area contributed by atoms with Crippen molar-refractivity contribution in [2.45, 2.75) is 27.7 Å². The second-order valence-electron chi connectivity index (χ2n) is 9.21. The molecule has 0 saturated heterocycles. The van der Waals surface area contributed by atoms with Crippen molar-refractivity contribution in [1.82, 2.24) is 28.7 Å². The number of rotatable bonds is 4. The molecular formula is C31H26N6. The second kappa shape index (κ2) is 8.65. The Bertz CT molecular complexity index is 1790. The van der Waals surface area contributed by atoms with Gasteiger partial charge in [0.25, 0.3) is 0 Å². The van der Waals surface area contributed by atoms with Crippen LogP contribution >= 0.6 is 0 Å². The summed E-state index contributed by atoms with van der Waals surface area (Å²) in [7, 11) is 0. The first-order valence-corrected chi connectivity index (χ1v) is 12.2. The molecule has 0 amide bonds. The van der Waals surface area contributed by atoms with Crippen molar-refractivity contribution in [3.63, 3.8) is 0 Å². The summed E-state index contributed by atoms with van der Waals surface area (Å²) in [6.07, 6.45) is 14.9. The van der Waals surface area contributed by atoms with Crippen LogP contribution in [0.3, 0.4) is 0 Å². The maximum Gasteiger partial charge on any atom is 0.100 e. The van der Waals surface area contributed by atoms with Gasteiger partial charge in [-0.25, -0.2) is 15.0 Å². The van der Waals surface area contributed by atoms with E-state index in [-0.39, 0.29) is 0 Å². The van der Waals surface area contributed by atoms with Crippen molar-refractivity contribution >= 4 is 28.1 Å². The molecule has 180 valence electrons. The highest BCUT2D eigenvalue weighted by Gasteiger charge is 2.24. The first-order valence-electron chi connectivity index (χ1n) is 12.2. The summed E-state index contributed by atoms with van der Waals surface area (Å²) in [5, 5.41) is 0. The van der Waals surface area contributed by atoms with Crippen molar-refractivity contribution in [2.75, 3.05) is 0 Å². The number of allylic oxidation sites excluding steroid dienone is 1. The Balaban J connectivity index is 1.76. The van der Waals surface area contributed by atoms with E-state index in [2.05, 4.69) is 57.5 Å². The maximum absolute atomic E-state index is 5.56. The van der Waals surface area contributed by atoms with Crippen LogP contribution in [0.4, 0.5) is 0 Å². The van der Waals surface area contributed by atoms with Gasteiger partial charge < -0.3 is 0 Å². The molecule has 0 N–H and O–H groups in total. The Labute approximate surface area is 215 Å². The lowest BCUT2D eigenvalue weighted by atomic mass is 9.97. The Morgan fingerprint density at radius 1 is 0.649 bits per heavy atom. The largest absolute Gasteiger partial charge is 0.299 e. The van der Waals surface area contributed by atoms with Crippen molar-refractivity contribution in [3.05, 3.63) is 102 Å². The third-order valence-electron chi connectivity index (χ3n) is 7.10. The molecule has 3 aromatic heterocycles. The van der Waals surface area contributed by atoms with E-state index < -0.39 is 0 Å². The summed E-state index contributed by atoms with van der Waals surface area (Å²) in [6.45, 7) is 8.51. The zero-order valence-electron chi connectivity index (χ0n) is 21.3. The number of terminal acetylenes is 1. The molecular weight excluding hydrogens is 456 g/mol. The molecule has 6 nitrogen and oxygen atoms in total. The van der Waals surface area contributed by atoms with Gasteiger partial charge >= 0.3 is 0 Å². The van der Waals surface area contributed by atoms with Gasteiger partial charge in [-0.15, -0.1) is 6.42 Å². The van der Waals surface area contributed by atoms with E-state index in [1.54, 1.807) is 6.08 Å². The van der Waals surface area contributed by atoms with Gasteiger partial charge in [0.1, 0.15) is 12.7 Å². The number of benzene rings is 3. The van der Waals surface area contributed by atoms with Crippen LogP contribution in [0.2, 0.25) is 0 Å². The molecule has 0 bridgehead atoms. The molecule has 0 atom stereocenters. The van der Waals surface area contributed by atoms with Gasteiger partial charge in [0.05, 0.1) is 56.8 Å². The van der Waals surface area contributed by atoms with Crippen LogP contribution in [-0.2, 0) is 0 Å². The SMILES string of the molecule is C#C/C=C\c1c(C)ncn1-c1c(C)c(-n2cnc3ccccc32)c(C)c(-n2cnc3ccccc32)c1C. The summed E-state index contributed by atoms with van der Waals surface area (Å²) in [5.41, 5.74) is 12.5. The number of imidazole rings is 3. The van der Waals surface area contributed by atoms with Gasteiger partial charge in [-0.1, -0.05) is 30.2 Å². The fourth-order valence-electron chi connectivity index (χ4n) is 5.49. The lowest BCUT2D eigenvalue weighted by Crippen LogP contribution is -2.12.